The topological polar surface area (TPSA) is 26.0 Å². The first kappa shape index (κ1) is 10.5. The summed E-state index contributed by atoms with van der Waals surface area (Å²) in [6.45, 7) is 1.95. The molecule has 0 atom stereocenters. The molecule has 1 nitrogen and oxygen atoms in total. The molecule has 0 fully saturated rings. The molecule has 0 aromatic heterocycles. The first-order chi connectivity index (χ1) is 7.81. The zero-order valence-corrected chi connectivity index (χ0v) is 9.35. The van der Waals surface area contributed by atoms with Crippen molar-refractivity contribution < 1.29 is 0 Å². The summed E-state index contributed by atoms with van der Waals surface area (Å²) in [5.74, 6) is 0. The van der Waals surface area contributed by atoms with Gasteiger partial charge in [0.15, 0.2) is 0 Å². The summed E-state index contributed by atoms with van der Waals surface area (Å²) in [5, 5.41) is 0. The highest BCUT2D eigenvalue weighted by atomic mass is 14.6. The molecule has 0 heterocycles. The third kappa shape index (κ3) is 2.14. The number of hydrogen-bond donors (Lipinski definition) is 1. The van der Waals surface area contributed by atoms with Gasteiger partial charge in [-0.05, 0) is 29.7 Å². The van der Waals surface area contributed by atoms with E-state index in [-0.39, 0.29) is 0 Å². The maximum absolute atomic E-state index is 5.90. The maximum Gasteiger partial charge on any atom is 0.0344 e. The van der Waals surface area contributed by atoms with E-state index in [1.165, 1.54) is 11.1 Å². The zero-order valence-electron chi connectivity index (χ0n) is 9.35. The smallest absolute Gasteiger partial charge is 0.0344 e. The molecule has 0 aliphatic rings. The standard InChI is InChI=1S/C15H15N/c1-2-15(16)14-10-6-9-13(11-14)12-7-4-3-5-8-12/h2-11H,16H2,1H3/b15-2-. The molecule has 0 spiro atoms. The van der Waals surface area contributed by atoms with Gasteiger partial charge in [0.25, 0.3) is 0 Å². The van der Waals surface area contributed by atoms with Crippen LogP contribution in [0.2, 0.25) is 0 Å². The van der Waals surface area contributed by atoms with Gasteiger partial charge in [-0.3, -0.25) is 0 Å². The van der Waals surface area contributed by atoms with Crippen LogP contribution in [0.1, 0.15) is 12.5 Å². The van der Waals surface area contributed by atoms with Crippen molar-refractivity contribution in [3.8, 4) is 11.1 Å². The van der Waals surface area contributed by atoms with Crippen LogP contribution in [0.4, 0.5) is 0 Å². The third-order valence-electron chi connectivity index (χ3n) is 2.61. The van der Waals surface area contributed by atoms with Crippen LogP contribution in [-0.4, -0.2) is 0 Å². The van der Waals surface area contributed by atoms with Crippen molar-refractivity contribution in [3.63, 3.8) is 0 Å². The molecular formula is C15H15N. The van der Waals surface area contributed by atoms with E-state index in [4.69, 9.17) is 5.73 Å². The number of benzene rings is 2. The Morgan fingerprint density at radius 3 is 2.31 bits per heavy atom. The summed E-state index contributed by atoms with van der Waals surface area (Å²) in [4.78, 5) is 0. The van der Waals surface area contributed by atoms with Gasteiger partial charge >= 0.3 is 0 Å². The van der Waals surface area contributed by atoms with Crippen molar-refractivity contribution in [1.29, 1.82) is 0 Å². The van der Waals surface area contributed by atoms with Crippen molar-refractivity contribution in [2.24, 2.45) is 5.73 Å². The minimum absolute atomic E-state index is 0.817. The Labute approximate surface area is 96.2 Å². The number of nitrogens with two attached hydrogens (primary N) is 1. The summed E-state index contributed by atoms with van der Waals surface area (Å²) in [7, 11) is 0. The fourth-order valence-corrected chi connectivity index (χ4v) is 1.68. The lowest BCUT2D eigenvalue weighted by molar-refractivity contribution is 1.49. The van der Waals surface area contributed by atoms with Crippen LogP contribution in [0.25, 0.3) is 16.8 Å². The maximum atomic E-state index is 5.90. The van der Waals surface area contributed by atoms with Gasteiger partial charge in [-0.25, -0.2) is 0 Å². The van der Waals surface area contributed by atoms with Crippen molar-refractivity contribution in [2.45, 2.75) is 6.92 Å². The van der Waals surface area contributed by atoms with E-state index in [0.717, 1.165) is 11.3 Å². The Bertz CT molecular complexity index is 498. The second kappa shape index (κ2) is 4.67. The fourth-order valence-electron chi connectivity index (χ4n) is 1.68. The quantitative estimate of drug-likeness (QED) is 0.802. The molecule has 0 amide bonds. The monoisotopic (exact) mass is 209 g/mol. The molecule has 0 unspecified atom stereocenters. The van der Waals surface area contributed by atoms with Gasteiger partial charge in [0, 0.05) is 5.70 Å². The predicted molar refractivity (Wildman–Crippen MR) is 69.7 cm³/mol. The van der Waals surface area contributed by atoms with E-state index in [2.05, 4.69) is 24.3 Å². The average Bonchev–Trinajstić information content (AvgIpc) is 2.39. The van der Waals surface area contributed by atoms with Crippen molar-refractivity contribution in [3.05, 3.63) is 66.2 Å². The van der Waals surface area contributed by atoms with Crippen molar-refractivity contribution in [2.75, 3.05) is 0 Å². The number of rotatable bonds is 2. The average molecular weight is 209 g/mol. The molecule has 1 heteroatoms. The molecule has 0 saturated carbocycles. The Hall–Kier alpha value is -2.02. The van der Waals surface area contributed by atoms with Gasteiger partial charge < -0.3 is 5.73 Å². The van der Waals surface area contributed by atoms with Gasteiger partial charge in [-0.15, -0.1) is 0 Å². The summed E-state index contributed by atoms with van der Waals surface area (Å²) in [6.07, 6.45) is 1.92. The Morgan fingerprint density at radius 2 is 1.62 bits per heavy atom. The van der Waals surface area contributed by atoms with Gasteiger partial charge in [-0.2, -0.15) is 0 Å². The van der Waals surface area contributed by atoms with E-state index in [1.807, 2.05) is 43.3 Å². The molecule has 2 rings (SSSR count). The van der Waals surface area contributed by atoms with Gasteiger partial charge in [0.05, 0.1) is 0 Å². The summed E-state index contributed by atoms with van der Waals surface area (Å²) >= 11 is 0. The Balaban J connectivity index is 2.44. The predicted octanol–water partition coefficient (Wildman–Crippen LogP) is 3.67. The molecule has 0 radical (unpaired) electrons. The second-order valence-corrected chi connectivity index (χ2v) is 3.69. The molecule has 0 aliphatic carbocycles. The van der Waals surface area contributed by atoms with Crippen LogP contribution in [0.5, 0.6) is 0 Å². The van der Waals surface area contributed by atoms with E-state index < -0.39 is 0 Å². The highest BCUT2D eigenvalue weighted by Crippen LogP contribution is 2.21. The number of allylic oxidation sites excluding steroid dienone is 1. The Morgan fingerprint density at radius 1 is 0.938 bits per heavy atom. The Kier molecular flexibility index (Phi) is 3.06. The SMILES string of the molecule is C/C=C(\N)c1cccc(-c2ccccc2)c1. The minimum atomic E-state index is 0.817. The summed E-state index contributed by atoms with van der Waals surface area (Å²) in [6, 6.07) is 18.6. The normalized spacial score (nSPS) is 11.4. The first-order valence-corrected chi connectivity index (χ1v) is 5.39. The molecule has 80 valence electrons. The molecular weight excluding hydrogens is 194 g/mol. The summed E-state index contributed by atoms with van der Waals surface area (Å²) < 4.78 is 0. The van der Waals surface area contributed by atoms with Crippen LogP contribution in [0.15, 0.2) is 60.7 Å². The second-order valence-electron chi connectivity index (χ2n) is 3.69. The molecule has 0 aliphatic heterocycles. The molecule has 16 heavy (non-hydrogen) atoms. The van der Waals surface area contributed by atoms with E-state index in [9.17, 15) is 0 Å². The van der Waals surface area contributed by atoms with E-state index in [0.29, 0.717) is 0 Å². The van der Waals surface area contributed by atoms with Crippen molar-refractivity contribution >= 4 is 5.70 Å². The van der Waals surface area contributed by atoms with Crippen LogP contribution >= 0.6 is 0 Å². The lowest BCUT2D eigenvalue weighted by atomic mass is 10.0. The van der Waals surface area contributed by atoms with Gasteiger partial charge in [0.1, 0.15) is 0 Å². The zero-order chi connectivity index (χ0) is 11.4. The lowest BCUT2D eigenvalue weighted by Gasteiger charge is -2.05. The van der Waals surface area contributed by atoms with Crippen LogP contribution < -0.4 is 5.73 Å². The lowest BCUT2D eigenvalue weighted by Crippen LogP contribution is -1.95. The van der Waals surface area contributed by atoms with Crippen LogP contribution in [-0.2, 0) is 0 Å². The van der Waals surface area contributed by atoms with Crippen LogP contribution in [0, 0.1) is 0 Å². The highest BCUT2D eigenvalue weighted by molar-refractivity contribution is 5.71. The highest BCUT2D eigenvalue weighted by Gasteiger charge is 1.99. The van der Waals surface area contributed by atoms with Gasteiger partial charge in [0.2, 0.25) is 0 Å². The summed E-state index contributed by atoms with van der Waals surface area (Å²) in [5.41, 5.74) is 10.2. The largest absolute Gasteiger partial charge is 0.399 e. The molecule has 0 saturated heterocycles. The number of hydrogen-bond acceptors (Lipinski definition) is 1. The first-order valence-electron chi connectivity index (χ1n) is 5.39. The van der Waals surface area contributed by atoms with E-state index >= 15 is 0 Å². The molecule has 2 aromatic carbocycles. The van der Waals surface area contributed by atoms with Gasteiger partial charge in [-0.1, -0.05) is 54.6 Å². The molecule has 2 aromatic rings. The van der Waals surface area contributed by atoms with Crippen LogP contribution in [0.3, 0.4) is 0 Å². The molecule has 2 N–H and O–H groups in total. The van der Waals surface area contributed by atoms with E-state index in [1.54, 1.807) is 0 Å². The fraction of sp³-hybridized carbons (Fsp3) is 0.0667. The third-order valence-corrected chi connectivity index (χ3v) is 2.61. The molecule has 0 bridgehead atoms. The minimum Gasteiger partial charge on any atom is -0.399 e. The van der Waals surface area contributed by atoms with Crippen molar-refractivity contribution in [1.82, 2.24) is 0 Å².